The van der Waals surface area contributed by atoms with Crippen molar-refractivity contribution in [2.45, 2.75) is 27.4 Å². The highest BCUT2D eigenvalue weighted by molar-refractivity contribution is 5.39. The van der Waals surface area contributed by atoms with Gasteiger partial charge in [0.15, 0.2) is 0 Å². The number of hydrogen-bond donors (Lipinski definition) is 1. The Morgan fingerprint density at radius 1 is 1.10 bits per heavy atom. The van der Waals surface area contributed by atoms with Crippen molar-refractivity contribution in [2.75, 3.05) is 6.61 Å². The minimum atomic E-state index is -0.160. The fourth-order valence-corrected chi connectivity index (χ4v) is 2.30. The average Bonchev–Trinajstić information content (AvgIpc) is 2.44. The van der Waals surface area contributed by atoms with Gasteiger partial charge in [-0.2, -0.15) is 0 Å². The van der Waals surface area contributed by atoms with Gasteiger partial charge >= 0.3 is 0 Å². The van der Waals surface area contributed by atoms with E-state index < -0.39 is 0 Å². The lowest BCUT2D eigenvalue weighted by atomic mass is 10.0. The third kappa shape index (κ3) is 4.08. The van der Waals surface area contributed by atoms with Gasteiger partial charge in [-0.25, -0.2) is 0 Å². The fraction of sp³-hybridized carbons (Fsp3) is 0.278. The van der Waals surface area contributed by atoms with Gasteiger partial charge in [0.1, 0.15) is 19.0 Å². The smallest absolute Gasteiger partial charge is 0.139 e. The maximum Gasteiger partial charge on any atom is 0.139 e. The summed E-state index contributed by atoms with van der Waals surface area (Å²) in [6.45, 7) is 6.64. The van der Waals surface area contributed by atoms with Gasteiger partial charge in [-0.05, 0) is 43.5 Å². The van der Waals surface area contributed by atoms with Crippen LogP contribution in [0.3, 0.4) is 0 Å². The number of rotatable bonds is 3. The van der Waals surface area contributed by atoms with E-state index in [2.05, 4.69) is 49.7 Å². The maximum atomic E-state index is 8.71. The molecule has 0 saturated heterocycles. The Kier molecular flexibility index (Phi) is 4.97. The van der Waals surface area contributed by atoms with Crippen LogP contribution >= 0.6 is 0 Å². The highest BCUT2D eigenvalue weighted by Crippen LogP contribution is 2.19. The summed E-state index contributed by atoms with van der Waals surface area (Å²) < 4.78 is 5.82. The molecule has 0 spiro atoms. The van der Waals surface area contributed by atoms with Gasteiger partial charge in [-0.1, -0.05) is 29.5 Å². The molecule has 3 nitrogen and oxygen atoms in total. The van der Waals surface area contributed by atoms with Crippen molar-refractivity contribution >= 4 is 0 Å². The molecule has 1 heterocycles. The summed E-state index contributed by atoms with van der Waals surface area (Å²) in [4.78, 5) is 4.10. The summed E-state index contributed by atoms with van der Waals surface area (Å²) in [6.07, 6.45) is 3.32. The molecule has 0 bridgehead atoms. The molecule has 0 amide bonds. The van der Waals surface area contributed by atoms with Crippen molar-refractivity contribution in [3.05, 3.63) is 58.4 Å². The van der Waals surface area contributed by atoms with Crippen LogP contribution in [-0.2, 0) is 6.61 Å². The summed E-state index contributed by atoms with van der Waals surface area (Å²) >= 11 is 0. The van der Waals surface area contributed by atoms with Crippen molar-refractivity contribution in [3.63, 3.8) is 0 Å². The normalized spacial score (nSPS) is 9.90. The van der Waals surface area contributed by atoms with Crippen LogP contribution in [0.1, 0.15) is 27.8 Å². The van der Waals surface area contributed by atoms with Crippen LogP contribution in [0.15, 0.2) is 30.6 Å². The maximum absolute atomic E-state index is 8.71. The number of aromatic nitrogens is 1. The number of aliphatic hydroxyl groups is 1. The Morgan fingerprint density at radius 2 is 1.81 bits per heavy atom. The van der Waals surface area contributed by atoms with E-state index in [1.807, 2.05) is 6.07 Å². The highest BCUT2D eigenvalue weighted by atomic mass is 16.5. The lowest BCUT2D eigenvalue weighted by molar-refractivity contribution is 0.303. The molecule has 2 rings (SSSR count). The van der Waals surface area contributed by atoms with Gasteiger partial charge in [0.25, 0.3) is 0 Å². The molecule has 21 heavy (non-hydrogen) atoms. The zero-order valence-electron chi connectivity index (χ0n) is 12.6. The Bertz CT molecular complexity index is 673. The summed E-state index contributed by atoms with van der Waals surface area (Å²) in [6, 6.07) is 6.15. The van der Waals surface area contributed by atoms with Crippen LogP contribution in [0.4, 0.5) is 0 Å². The van der Waals surface area contributed by atoms with E-state index in [0.29, 0.717) is 12.4 Å². The molecular weight excluding hydrogens is 262 g/mol. The molecule has 1 N–H and O–H groups in total. The molecule has 3 heteroatoms. The van der Waals surface area contributed by atoms with Crippen LogP contribution in [0.25, 0.3) is 0 Å². The molecule has 0 unspecified atom stereocenters. The lowest BCUT2D eigenvalue weighted by Gasteiger charge is -2.12. The predicted octanol–water partition coefficient (Wildman–Crippen LogP) is 2.93. The predicted molar refractivity (Wildman–Crippen MR) is 83.2 cm³/mol. The molecule has 108 valence electrons. The molecule has 2 aromatic rings. The summed E-state index contributed by atoms with van der Waals surface area (Å²) in [7, 11) is 0. The second-order valence-electron chi connectivity index (χ2n) is 5.04. The molecule has 0 aliphatic rings. The zero-order chi connectivity index (χ0) is 15.2. The topological polar surface area (TPSA) is 42.4 Å². The second kappa shape index (κ2) is 6.92. The van der Waals surface area contributed by atoms with Gasteiger partial charge in [0, 0.05) is 11.8 Å². The first-order valence-electron chi connectivity index (χ1n) is 6.84. The van der Waals surface area contributed by atoms with Gasteiger partial charge < -0.3 is 9.84 Å². The van der Waals surface area contributed by atoms with Crippen molar-refractivity contribution in [1.29, 1.82) is 0 Å². The van der Waals surface area contributed by atoms with Gasteiger partial charge in [-0.15, -0.1) is 0 Å². The van der Waals surface area contributed by atoms with Crippen LogP contribution < -0.4 is 4.74 Å². The number of aliphatic hydroxyl groups excluding tert-OH is 1. The highest BCUT2D eigenvalue weighted by Gasteiger charge is 2.05. The summed E-state index contributed by atoms with van der Waals surface area (Å²) in [5.74, 6) is 6.10. The molecule has 1 aromatic heterocycles. The summed E-state index contributed by atoms with van der Waals surface area (Å²) in [5, 5.41) is 8.71. The summed E-state index contributed by atoms with van der Waals surface area (Å²) in [5.41, 5.74) is 5.66. The van der Waals surface area contributed by atoms with Gasteiger partial charge in [-0.3, -0.25) is 4.98 Å². The minimum absolute atomic E-state index is 0.160. The number of benzene rings is 1. The van der Waals surface area contributed by atoms with Crippen molar-refractivity contribution in [3.8, 4) is 17.6 Å². The molecule has 0 aliphatic carbocycles. The SMILES string of the molecule is Cc1cc(C)c(COc2cncc(C#CCO)c2)c(C)c1. The van der Waals surface area contributed by atoms with E-state index in [1.165, 1.54) is 22.3 Å². The van der Waals surface area contributed by atoms with Crippen LogP contribution in [-0.4, -0.2) is 16.7 Å². The molecule has 0 fully saturated rings. The Balaban J connectivity index is 2.13. The van der Waals surface area contributed by atoms with Crippen molar-refractivity contribution < 1.29 is 9.84 Å². The van der Waals surface area contributed by atoms with E-state index in [4.69, 9.17) is 9.84 Å². The Hall–Kier alpha value is -2.31. The number of nitrogens with zero attached hydrogens (tertiary/aromatic N) is 1. The molecule has 0 saturated carbocycles. The lowest BCUT2D eigenvalue weighted by Crippen LogP contribution is -2.01. The minimum Gasteiger partial charge on any atom is -0.487 e. The van der Waals surface area contributed by atoms with Crippen molar-refractivity contribution in [2.24, 2.45) is 0 Å². The zero-order valence-corrected chi connectivity index (χ0v) is 12.6. The third-order valence-electron chi connectivity index (χ3n) is 3.25. The standard InChI is InChI=1S/C18H19NO2/c1-13-7-14(2)18(15(3)8-13)12-21-17-9-16(5-4-6-20)10-19-11-17/h7-11,20H,6,12H2,1-3H3. The number of pyridine rings is 1. The Labute approximate surface area is 125 Å². The third-order valence-corrected chi connectivity index (χ3v) is 3.25. The number of hydrogen-bond acceptors (Lipinski definition) is 3. The van der Waals surface area contributed by atoms with Crippen LogP contribution in [0, 0.1) is 32.6 Å². The number of ether oxygens (including phenoxy) is 1. The van der Waals surface area contributed by atoms with E-state index in [9.17, 15) is 0 Å². The average molecular weight is 281 g/mol. The molecule has 0 aliphatic heterocycles. The first kappa shape index (κ1) is 15.1. The van der Waals surface area contributed by atoms with Gasteiger partial charge in [0.05, 0.1) is 6.20 Å². The Morgan fingerprint density at radius 3 is 2.48 bits per heavy atom. The monoisotopic (exact) mass is 281 g/mol. The fourth-order valence-electron chi connectivity index (χ4n) is 2.30. The van der Waals surface area contributed by atoms with Crippen molar-refractivity contribution in [1.82, 2.24) is 4.98 Å². The molecule has 1 aromatic carbocycles. The second-order valence-corrected chi connectivity index (χ2v) is 5.04. The first-order chi connectivity index (χ1) is 10.1. The van der Waals surface area contributed by atoms with Crippen LogP contribution in [0.2, 0.25) is 0 Å². The van der Waals surface area contributed by atoms with E-state index >= 15 is 0 Å². The van der Waals surface area contributed by atoms with E-state index in [-0.39, 0.29) is 6.61 Å². The van der Waals surface area contributed by atoms with E-state index in [0.717, 1.165) is 5.56 Å². The first-order valence-corrected chi connectivity index (χ1v) is 6.84. The van der Waals surface area contributed by atoms with Crippen LogP contribution in [0.5, 0.6) is 5.75 Å². The number of aryl methyl sites for hydroxylation is 3. The molecular formula is C18H19NO2. The largest absolute Gasteiger partial charge is 0.487 e. The molecule has 0 radical (unpaired) electrons. The van der Waals surface area contributed by atoms with Gasteiger partial charge in [0.2, 0.25) is 0 Å². The quantitative estimate of drug-likeness (QED) is 0.880. The molecule has 0 atom stereocenters. The van der Waals surface area contributed by atoms with E-state index in [1.54, 1.807) is 12.4 Å².